The molecule has 3 N–H and O–H groups in total. The first-order valence-corrected chi connectivity index (χ1v) is 5.16. The van der Waals surface area contributed by atoms with Gasteiger partial charge in [0, 0.05) is 6.61 Å². The Balaban J connectivity index is 3.55. The SMILES string of the molecule is CCCC(C)COCC(NC)C(N)=O. The fraction of sp³-hybridized carbons (Fsp3) is 0.900. The van der Waals surface area contributed by atoms with Crippen molar-refractivity contribution in [1.82, 2.24) is 5.32 Å². The van der Waals surface area contributed by atoms with Crippen LogP contribution >= 0.6 is 0 Å². The molecule has 0 aromatic heterocycles. The molecule has 0 aromatic rings. The van der Waals surface area contributed by atoms with Crippen LogP contribution in [-0.2, 0) is 9.53 Å². The van der Waals surface area contributed by atoms with Gasteiger partial charge in [-0.1, -0.05) is 20.3 Å². The van der Waals surface area contributed by atoms with Crippen molar-refractivity contribution < 1.29 is 9.53 Å². The lowest BCUT2D eigenvalue weighted by Crippen LogP contribution is -2.42. The fourth-order valence-electron chi connectivity index (χ4n) is 1.27. The molecule has 0 spiro atoms. The van der Waals surface area contributed by atoms with E-state index in [-0.39, 0.29) is 11.9 Å². The smallest absolute Gasteiger partial charge is 0.236 e. The minimum absolute atomic E-state index is 0.361. The molecule has 2 unspecified atom stereocenters. The molecule has 0 heterocycles. The van der Waals surface area contributed by atoms with Crippen LogP contribution in [0, 0.1) is 5.92 Å². The molecular formula is C10H22N2O2. The average molecular weight is 202 g/mol. The molecule has 0 aliphatic carbocycles. The van der Waals surface area contributed by atoms with Crippen molar-refractivity contribution in [2.45, 2.75) is 32.7 Å². The van der Waals surface area contributed by atoms with Gasteiger partial charge in [0.25, 0.3) is 0 Å². The number of rotatable bonds is 8. The molecule has 4 nitrogen and oxygen atoms in total. The van der Waals surface area contributed by atoms with Gasteiger partial charge < -0.3 is 15.8 Å². The van der Waals surface area contributed by atoms with E-state index in [9.17, 15) is 4.79 Å². The number of amides is 1. The van der Waals surface area contributed by atoms with Crippen LogP contribution in [0.25, 0.3) is 0 Å². The Morgan fingerprint density at radius 1 is 1.50 bits per heavy atom. The molecule has 1 amide bonds. The zero-order valence-corrected chi connectivity index (χ0v) is 9.38. The normalized spacial score (nSPS) is 15.1. The summed E-state index contributed by atoms with van der Waals surface area (Å²) >= 11 is 0. The van der Waals surface area contributed by atoms with Crippen LogP contribution in [0.4, 0.5) is 0 Å². The van der Waals surface area contributed by atoms with E-state index in [1.165, 1.54) is 0 Å². The lowest BCUT2D eigenvalue weighted by atomic mass is 10.1. The molecule has 0 fully saturated rings. The first kappa shape index (κ1) is 13.4. The molecule has 0 aromatic carbocycles. The third-order valence-electron chi connectivity index (χ3n) is 2.16. The summed E-state index contributed by atoms with van der Waals surface area (Å²) < 4.78 is 5.40. The molecule has 2 atom stereocenters. The van der Waals surface area contributed by atoms with E-state index in [2.05, 4.69) is 19.2 Å². The van der Waals surface area contributed by atoms with Crippen LogP contribution in [-0.4, -0.2) is 32.2 Å². The number of hydrogen-bond acceptors (Lipinski definition) is 3. The summed E-state index contributed by atoms with van der Waals surface area (Å²) in [5.74, 6) is 0.182. The summed E-state index contributed by atoms with van der Waals surface area (Å²) in [6, 6.07) is -0.371. The summed E-state index contributed by atoms with van der Waals surface area (Å²) in [6.07, 6.45) is 2.32. The van der Waals surface area contributed by atoms with E-state index < -0.39 is 0 Å². The van der Waals surface area contributed by atoms with Gasteiger partial charge >= 0.3 is 0 Å². The van der Waals surface area contributed by atoms with E-state index in [1.54, 1.807) is 7.05 Å². The largest absolute Gasteiger partial charge is 0.379 e. The van der Waals surface area contributed by atoms with Crippen LogP contribution in [0.2, 0.25) is 0 Å². The van der Waals surface area contributed by atoms with Crippen molar-refractivity contribution in [3.8, 4) is 0 Å². The maximum atomic E-state index is 10.8. The summed E-state index contributed by atoms with van der Waals surface area (Å²) in [7, 11) is 1.70. The number of hydrogen-bond donors (Lipinski definition) is 2. The highest BCUT2D eigenvalue weighted by atomic mass is 16.5. The Kier molecular flexibility index (Phi) is 7.42. The summed E-state index contributed by atoms with van der Waals surface area (Å²) in [4.78, 5) is 10.8. The van der Waals surface area contributed by atoms with Crippen molar-refractivity contribution in [3.05, 3.63) is 0 Å². The van der Waals surface area contributed by atoms with Gasteiger partial charge in [-0.05, 0) is 19.4 Å². The number of carbonyl (C=O) groups excluding carboxylic acids is 1. The Hall–Kier alpha value is -0.610. The molecule has 4 heteroatoms. The van der Waals surface area contributed by atoms with E-state index in [4.69, 9.17) is 10.5 Å². The second-order valence-corrected chi connectivity index (χ2v) is 3.67. The Labute approximate surface area is 86.2 Å². The quantitative estimate of drug-likeness (QED) is 0.603. The van der Waals surface area contributed by atoms with E-state index in [0.717, 1.165) is 12.8 Å². The Bertz CT molecular complexity index is 162. The highest BCUT2D eigenvalue weighted by molar-refractivity contribution is 5.79. The van der Waals surface area contributed by atoms with Crippen molar-refractivity contribution in [2.75, 3.05) is 20.3 Å². The molecule has 0 aliphatic heterocycles. The molecule has 0 bridgehead atoms. The minimum Gasteiger partial charge on any atom is -0.379 e. The third-order valence-corrected chi connectivity index (χ3v) is 2.16. The standard InChI is InChI=1S/C10H22N2O2/c1-4-5-8(2)6-14-7-9(12-3)10(11)13/h8-9,12H,4-7H2,1-3H3,(H2,11,13). The number of ether oxygens (including phenoxy) is 1. The molecule has 0 rings (SSSR count). The average Bonchev–Trinajstić information content (AvgIpc) is 2.12. The lowest BCUT2D eigenvalue weighted by Gasteiger charge is -2.15. The van der Waals surface area contributed by atoms with E-state index in [1.807, 2.05) is 0 Å². The predicted molar refractivity (Wildman–Crippen MR) is 56.9 cm³/mol. The summed E-state index contributed by atoms with van der Waals surface area (Å²) in [5, 5.41) is 2.81. The molecule has 0 aliphatic rings. The van der Waals surface area contributed by atoms with Gasteiger partial charge in [0.05, 0.1) is 6.61 Å². The summed E-state index contributed by atoms with van der Waals surface area (Å²) in [5.41, 5.74) is 5.14. The molecule has 14 heavy (non-hydrogen) atoms. The molecule has 84 valence electrons. The maximum Gasteiger partial charge on any atom is 0.236 e. The third kappa shape index (κ3) is 5.94. The molecule has 0 saturated heterocycles. The van der Waals surface area contributed by atoms with Crippen LogP contribution in [0.3, 0.4) is 0 Å². The van der Waals surface area contributed by atoms with Gasteiger partial charge in [-0.3, -0.25) is 4.79 Å². The maximum absolute atomic E-state index is 10.8. The van der Waals surface area contributed by atoms with Gasteiger partial charge in [0.2, 0.25) is 5.91 Å². The Morgan fingerprint density at radius 3 is 2.57 bits per heavy atom. The first-order valence-electron chi connectivity index (χ1n) is 5.16. The first-order chi connectivity index (χ1) is 6.61. The number of nitrogens with two attached hydrogens (primary N) is 1. The Morgan fingerprint density at radius 2 is 2.14 bits per heavy atom. The second-order valence-electron chi connectivity index (χ2n) is 3.67. The van der Waals surface area contributed by atoms with Crippen molar-refractivity contribution >= 4 is 5.91 Å². The number of carbonyl (C=O) groups is 1. The highest BCUT2D eigenvalue weighted by Crippen LogP contribution is 2.04. The van der Waals surface area contributed by atoms with Crippen molar-refractivity contribution in [1.29, 1.82) is 0 Å². The second kappa shape index (κ2) is 7.76. The number of primary amides is 1. The van der Waals surface area contributed by atoms with Crippen LogP contribution < -0.4 is 11.1 Å². The van der Waals surface area contributed by atoms with Crippen LogP contribution in [0.15, 0.2) is 0 Å². The van der Waals surface area contributed by atoms with Gasteiger partial charge in [-0.2, -0.15) is 0 Å². The molecular weight excluding hydrogens is 180 g/mol. The van der Waals surface area contributed by atoms with Gasteiger partial charge in [-0.15, -0.1) is 0 Å². The minimum atomic E-state index is -0.371. The zero-order chi connectivity index (χ0) is 11.0. The zero-order valence-electron chi connectivity index (χ0n) is 9.38. The highest BCUT2D eigenvalue weighted by Gasteiger charge is 2.12. The van der Waals surface area contributed by atoms with E-state index in [0.29, 0.717) is 19.1 Å². The predicted octanol–water partition coefficient (Wildman–Crippen LogP) is 0.513. The lowest BCUT2D eigenvalue weighted by molar-refractivity contribution is -0.121. The molecule has 0 saturated carbocycles. The van der Waals surface area contributed by atoms with Crippen molar-refractivity contribution in [2.24, 2.45) is 11.7 Å². The van der Waals surface area contributed by atoms with Gasteiger partial charge in [-0.25, -0.2) is 0 Å². The summed E-state index contributed by atoms with van der Waals surface area (Å²) in [6.45, 7) is 5.34. The van der Waals surface area contributed by atoms with Crippen LogP contribution in [0.5, 0.6) is 0 Å². The number of nitrogens with one attached hydrogen (secondary N) is 1. The van der Waals surface area contributed by atoms with E-state index >= 15 is 0 Å². The van der Waals surface area contributed by atoms with Gasteiger partial charge in [0.15, 0.2) is 0 Å². The molecule has 0 radical (unpaired) electrons. The fourth-order valence-corrected chi connectivity index (χ4v) is 1.27. The van der Waals surface area contributed by atoms with Crippen molar-refractivity contribution in [3.63, 3.8) is 0 Å². The monoisotopic (exact) mass is 202 g/mol. The van der Waals surface area contributed by atoms with Crippen LogP contribution in [0.1, 0.15) is 26.7 Å². The van der Waals surface area contributed by atoms with Gasteiger partial charge in [0.1, 0.15) is 6.04 Å². The topological polar surface area (TPSA) is 64.3 Å². The number of likely N-dealkylation sites (N-methyl/N-ethyl adjacent to an activating group) is 1.